The summed E-state index contributed by atoms with van der Waals surface area (Å²) < 4.78 is 7.39. The fraction of sp³-hybridized carbons (Fsp3) is 0.529. The zero-order valence-corrected chi connectivity index (χ0v) is 14.8. The molecule has 0 fully saturated rings. The number of aryl methyl sites for hydroxylation is 2. The highest BCUT2D eigenvalue weighted by Gasteiger charge is 2.26. The first-order valence-corrected chi connectivity index (χ1v) is 8.21. The molecular weight excluding hydrogens is 306 g/mol. The van der Waals surface area contributed by atoms with Crippen LogP contribution >= 0.6 is 0 Å². The van der Waals surface area contributed by atoms with Gasteiger partial charge in [-0.25, -0.2) is 4.99 Å². The molecule has 7 heteroatoms. The maximum absolute atomic E-state index is 10.6. The first-order chi connectivity index (χ1) is 11.4. The summed E-state index contributed by atoms with van der Waals surface area (Å²) in [5.74, 6) is 1.95. The van der Waals surface area contributed by atoms with Gasteiger partial charge in [0.1, 0.15) is 17.1 Å². The molecule has 2 rings (SSSR count). The van der Waals surface area contributed by atoms with E-state index in [1.54, 1.807) is 13.0 Å². The molecule has 132 valence electrons. The van der Waals surface area contributed by atoms with E-state index in [1.807, 2.05) is 43.9 Å². The molecule has 0 aromatic carbocycles. The maximum atomic E-state index is 10.6. The van der Waals surface area contributed by atoms with E-state index in [0.29, 0.717) is 18.3 Å². The molecule has 24 heavy (non-hydrogen) atoms. The van der Waals surface area contributed by atoms with Gasteiger partial charge in [0.25, 0.3) is 0 Å². The summed E-state index contributed by atoms with van der Waals surface area (Å²) in [6, 6.07) is 3.62. The van der Waals surface area contributed by atoms with Crippen LogP contribution in [0.25, 0.3) is 0 Å². The van der Waals surface area contributed by atoms with E-state index in [1.165, 1.54) is 0 Å². The predicted molar refractivity (Wildman–Crippen MR) is 94.0 cm³/mol. The van der Waals surface area contributed by atoms with Crippen LogP contribution in [-0.2, 0) is 12.1 Å². The fourth-order valence-electron chi connectivity index (χ4n) is 2.25. The Bertz CT molecular complexity index is 672. The third-order valence-electron chi connectivity index (χ3n) is 3.56. The number of furan rings is 1. The minimum atomic E-state index is -1.14. The van der Waals surface area contributed by atoms with E-state index < -0.39 is 5.60 Å². The van der Waals surface area contributed by atoms with Crippen molar-refractivity contribution in [3.05, 3.63) is 41.6 Å². The molecule has 3 N–H and O–H groups in total. The molecule has 2 aromatic rings. The molecule has 0 saturated carbocycles. The molecule has 2 aromatic heterocycles. The Morgan fingerprint density at radius 1 is 1.38 bits per heavy atom. The lowest BCUT2D eigenvalue weighted by Gasteiger charge is -2.19. The van der Waals surface area contributed by atoms with Crippen molar-refractivity contribution in [2.75, 3.05) is 19.6 Å². The van der Waals surface area contributed by atoms with Gasteiger partial charge >= 0.3 is 0 Å². The van der Waals surface area contributed by atoms with Gasteiger partial charge < -0.3 is 20.2 Å². The Kier molecular flexibility index (Phi) is 6.03. The van der Waals surface area contributed by atoms with Crippen LogP contribution in [0.15, 0.2) is 33.9 Å². The third-order valence-corrected chi connectivity index (χ3v) is 3.56. The summed E-state index contributed by atoms with van der Waals surface area (Å²) in [4.78, 5) is 4.46. The average molecular weight is 333 g/mol. The van der Waals surface area contributed by atoms with Crippen LogP contribution in [-0.4, -0.2) is 40.5 Å². The van der Waals surface area contributed by atoms with Crippen LogP contribution in [0.5, 0.6) is 0 Å². The molecular formula is C17H27N5O2. The number of hydrogen-bond donors (Lipinski definition) is 3. The fourth-order valence-corrected chi connectivity index (χ4v) is 2.25. The van der Waals surface area contributed by atoms with Crippen molar-refractivity contribution >= 4 is 5.96 Å². The quantitative estimate of drug-likeness (QED) is 0.529. The van der Waals surface area contributed by atoms with E-state index in [2.05, 4.69) is 20.7 Å². The van der Waals surface area contributed by atoms with Gasteiger partial charge in [0.2, 0.25) is 0 Å². The number of hydrogen-bond acceptors (Lipinski definition) is 4. The van der Waals surface area contributed by atoms with Crippen molar-refractivity contribution in [2.24, 2.45) is 4.99 Å². The molecule has 0 aliphatic heterocycles. The van der Waals surface area contributed by atoms with Crippen LogP contribution in [0.3, 0.4) is 0 Å². The summed E-state index contributed by atoms with van der Waals surface area (Å²) in [6.07, 6.45) is 3.83. The van der Waals surface area contributed by atoms with Crippen molar-refractivity contribution in [2.45, 2.75) is 39.8 Å². The molecule has 2 heterocycles. The molecule has 0 bridgehead atoms. The molecule has 0 radical (unpaired) electrons. The molecule has 0 saturated heterocycles. The lowest BCUT2D eigenvalue weighted by atomic mass is 10.0. The Morgan fingerprint density at radius 3 is 2.75 bits per heavy atom. The van der Waals surface area contributed by atoms with Crippen molar-refractivity contribution in [1.82, 2.24) is 20.4 Å². The molecule has 0 amide bonds. The zero-order valence-electron chi connectivity index (χ0n) is 14.8. The summed E-state index contributed by atoms with van der Waals surface area (Å²) in [6.45, 7) is 9.95. The van der Waals surface area contributed by atoms with E-state index in [0.717, 1.165) is 24.4 Å². The van der Waals surface area contributed by atoms with Crippen molar-refractivity contribution in [3.63, 3.8) is 0 Å². The van der Waals surface area contributed by atoms with Gasteiger partial charge in [0.05, 0.1) is 19.3 Å². The number of nitrogens with zero attached hydrogens (tertiary/aromatic N) is 3. The number of aromatic nitrogens is 2. The minimum Gasteiger partial charge on any atom is -0.463 e. The topological polar surface area (TPSA) is 87.6 Å². The molecule has 0 aliphatic carbocycles. The lowest BCUT2D eigenvalue weighted by Crippen LogP contribution is -2.40. The van der Waals surface area contributed by atoms with Gasteiger partial charge in [-0.1, -0.05) is 0 Å². The molecule has 0 spiro atoms. The highest BCUT2D eigenvalue weighted by Crippen LogP contribution is 2.22. The SMILES string of the molecule is CCNC(=NCC(C)(O)c1ccc(C)o1)NCCn1cc(C)cn1. The van der Waals surface area contributed by atoms with E-state index in [9.17, 15) is 5.11 Å². The van der Waals surface area contributed by atoms with Crippen molar-refractivity contribution < 1.29 is 9.52 Å². The van der Waals surface area contributed by atoms with Gasteiger partial charge in [-0.2, -0.15) is 5.10 Å². The number of aliphatic imine (C=N–C) groups is 1. The van der Waals surface area contributed by atoms with Crippen molar-refractivity contribution in [1.29, 1.82) is 0 Å². The van der Waals surface area contributed by atoms with Gasteiger partial charge in [-0.15, -0.1) is 0 Å². The van der Waals surface area contributed by atoms with Crippen LogP contribution in [0, 0.1) is 13.8 Å². The Balaban J connectivity index is 1.91. The third kappa shape index (κ3) is 5.13. The minimum absolute atomic E-state index is 0.205. The van der Waals surface area contributed by atoms with Gasteiger partial charge in [0, 0.05) is 19.3 Å². The normalized spacial score (nSPS) is 14.5. The van der Waals surface area contributed by atoms with E-state index >= 15 is 0 Å². The Labute approximate surface area is 142 Å². The summed E-state index contributed by atoms with van der Waals surface area (Å²) in [5, 5.41) is 21.2. The number of nitrogens with one attached hydrogen (secondary N) is 2. The first kappa shape index (κ1) is 18.1. The molecule has 7 nitrogen and oxygen atoms in total. The van der Waals surface area contributed by atoms with Crippen LogP contribution in [0.1, 0.15) is 30.9 Å². The second-order valence-corrected chi connectivity index (χ2v) is 6.09. The van der Waals surface area contributed by atoms with Crippen LogP contribution < -0.4 is 10.6 Å². The summed E-state index contributed by atoms with van der Waals surface area (Å²) in [5.41, 5.74) is -0.00392. The zero-order chi connectivity index (χ0) is 17.6. The molecule has 0 aliphatic rings. The lowest BCUT2D eigenvalue weighted by molar-refractivity contribution is 0.0428. The molecule has 1 unspecified atom stereocenters. The van der Waals surface area contributed by atoms with Crippen LogP contribution in [0.2, 0.25) is 0 Å². The van der Waals surface area contributed by atoms with Crippen LogP contribution in [0.4, 0.5) is 0 Å². The number of aliphatic hydroxyl groups is 1. The van der Waals surface area contributed by atoms with E-state index in [4.69, 9.17) is 4.42 Å². The Hall–Kier alpha value is -2.28. The summed E-state index contributed by atoms with van der Waals surface area (Å²) >= 11 is 0. The van der Waals surface area contributed by atoms with Gasteiger partial charge in [-0.05, 0) is 45.4 Å². The highest BCUT2D eigenvalue weighted by atomic mass is 16.4. The molecule has 1 atom stereocenters. The Morgan fingerprint density at radius 2 is 2.17 bits per heavy atom. The maximum Gasteiger partial charge on any atom is 0.191 e. The second-order valence-electron chi connectivity index (χ2n) is 6.09. The first-order valence-electron chi connectivity index (χ1n) is 8.21. The van der Waals surface area contributed by atoms with Gasteiger partial charge in [-0.3, -0.25) is 4.68 Å². The smallest absolute Gasteiger partial charge is 0.191 e. The second kappa shape index (κ2) is 8.01. The number of rotatable bonds is 7. The number of guanidine groups is 1. The van der Waals surface area contributed by atoms with E-state index in [-0.39, 0.29) is 6.54 Å². The standard InChI is InChI=1S/C17H27N5O2/c1-5-18-16(19-8-9-22-11-13(2)10-21-22)20-12-17(4,23)15-7-6-14(3)24-15/h6-7,10-11,23H,5,8-9,12H2,1-4H3,(H2,18,19,20). The van der Waals surface area contributed by atoms with Gasteiger partial charge in [0.15, 0.2) is 5.96 Å². The highest BCUT2D eigenvalue weighted by molar-refractivity contribution is 5.79. The predicted octanol–water partition coefficient (Wildman–Crippen LogP) is 1.56. The average Bonchev–Trinajstić information content (AvgIpc) is 3.14. The van der Waals surface area contributed by atoms with Crippen molar-refractivity contribution in [3.8, 4) is 0 Å². The summed E-state index contributed by atoms with van der Waals surface area (Å²) in [7, 11) is 0. The largest absolute Gasteiger partial charge is 0.463 e. The monoisotopic (exact) mass is 333 g/mol.